The molecule has 1 aromatic rings. The molecule has 1 aromatic carbocycles. The molecule has 0 radical (unpaired) electrons. The third-order valence-corrected chi connectivity index (χ3v) is 1.49. The molecule has 0 amide bonds. The van der Waals surface area contributed by atoms with Crippen LogP contribution in [0.1, 0.15) is 12.5 Å². The van der Waals surface area contributed by atoms with Crippen LogP contribution in [0.4, 0.5) is 0 Å². The number of rotatable bonds is 4. The van der Waals surface area contributed by atoms with Crippen LogP contribution in [-0.2, 0) is 21.0 Å². The van der Waals surface area contributed by atoms with Crippen LogP contribution in [0, 0.1) is 0 Å². The van der Waals surface area contributed by atoms with Gasteiger partial charge in [-0.25, -0.2) is 4.79 Å². The summed E-state index contributed by atoms with van der Waals surface area (Å²) in [5.41, 5.74) is 1.16. The first-order valence-corrected chi connectivity index (χ1v) is 4.13. The van der Waals surface area contributed by atoms with E-state index < -0.39 is 5.97 Å². The minimum absolute atomic E-state index is 0.392. The molecule has 0 heterocycles. The highest BCUT2D eigenvalue weighted by molar-refractivity contribution is 5.65. The molecular formula is C10H12O3. The normalized spacial score (nSPS) is 9.62. The van der Waals surface area contributed by atoms with Crippen molar-refractivity contribution in [2.75, 3.05) is 6.61 Å². The van der Waals surface area contributed by atoms with E-state index in [0.717, 1.165) is 12.0 Å². The fourth-order valence-electron chi connectivity index (χ4n) is 0.929. The van der Waals surface area contributed by atoms with Gasteiger partial charge in [0.25, 0.3) is 0 Å². The van der Waals surface area contributed by atoms with E-state index in [2.05, 4.69) is 9.78 Å². The minimum Gasteiger partial charge on any atom is -0.299 e. The van der Waals surface area contributed by atoms with Gasteiger partial charge in [-0.2, -0.15) is 4.89 Å². The summed E-state index contributed by atoms with van der Waals surface area (Å²) in [7, 11) is 0. The predicted octanol–water partition coefficient (Wildman–Crippen LogP) is 1.72. The number of hydrogen-bond acceptors (Lipinski definition) is 3. The average Bonchev–Trinajstić information content (AvgIpc) is 2.14. The monoisotopic (exact) mass is 180 g/mol. The molecule has 0 N–H and O–H groups in total. The summed E-state index contributed by atoms with van der Waals surface area (Å²) in [4.78, 5) is 19.3. The van der Waals surface area contributed by atoms with Gasteiger partial charge in [0.2, 0.25) is 0 Å². The maximum atomic E-state index is 10.3. The zero-order valence-electron chi connectivity index (χ0n) is 7.53. The van der Waals surface area contributed by atoms with Gasteiger partial charge in [-0.15, -0.1) is 0 Å². The Morgan fingerprint density at radius 3 is 2.62 bits per heavy atom. The Balaban J connectivity index is 2.17. The van der Waals surface area contributed by atoms with Crippen molar-refractivity contribution >= 4 is 5.97 Å². The van der Waals surface area contributed by atoms with Crippen LogP contribution in [0.15, 0.2) is 30.3 Å². The molecule has 0 aliphatic carbocycles. The lowest BCUT2D eigenvalue weighted by Crippen LogP contribution is -2.03. The van der Waals surface area contributed by atoms with Gasteiger partial charge in [-0.05, 0) is 12.0 Å². The molecule has 0 fully saturated rings. The van der Waals surface area contributed by atoms with Crippen molar-refractivity contribution < 1.29 is 14.6 Å². The lowest BCUT2D eigenvalue weighted by atomic mass is 10.2. The van der Waals surface area contributed by atoms with E-state index in [-0.39, 0.29) is 0 Å². The van der Waals surface area contributed by atoms with Crippen LogP contribution < -0.4 is 0 Å². The summed E-state index contributed by atoms with van der Waals surface area (Å²) in [5, 5.41) is 0. The third kappa shape index (κ3) is 4.28. The van der Waals surface area contributed by atoms with Gasteiger partial charge >= 0.3 is 5.97 Å². The van der Waals surface area contributed by atoms with E-state index in [4.69, 9.17) is 0 Å². The standard InChI is InChI=1S/C10H12O3/c1-9(11)13-12-8-7-10-5-3-2-4-6-10/h2-6H,7-8H2,1H3. The smallest absolute Gasteiger partial charge is 0.299 e. The Hall–Kier alpha value is -1.35. The summed E-state index contributed by atoms with van der Waals surface area (Å²) < 4.78 is 0. The minimum atomic E-state index is -0.423. The molecule has 3 nitrogen and oxygen atoms in total. The summed E-state index contributed by atoms with van der Waals surface area (Å²) in [6.07, 6.45) is 0.744. The molecule has 0 spiro atoms. The SMILES string of the molecule is CC(=O)OOCCc1ccccc1. The van der Waals surface area contributed by atoms with E-state index in [0.29, 0.717) is 6.61 Å². The van der Waals surface area contributed by atoms with Crippen molar-refractivity contribution in [1.29, 1.82) is 0 Å². The molecule has 13 heavy (non-hydrogen) atoms. The zero-order valence-corrected chi connectivity index (χ0v) is 7.53. The van der Waals surface area contributed by atoms with E-state index in [9.17, 15) is 4.79 Å². The molecule has 70 valence electrons. The molecule has 0 aliphatic rings. The summed E-state index contributed by atoms with van der Waals surface area (Å²) in [6, 6.07) is 9.87. The average molecular weight is 180 g/mol. The van der Waals surface area contributed by atoms with Gasteiger partial charge < -0.3 is 0 Å². The second kappa shape index (κ2) is 5.32. The van der Waals surface area contributed by atoms with Crippen LogP contribution in [-0.4, -0.2) is 12.6 Å². The fraction of sp³-hybridized carbons (Fsp3) is 0.300. The molecule has 0 saturated carbocycles. The van der Waals surface area contributed by atoms with Crippen molar-refractivity contribution in [3.05, 3.63) is 35.9 Å². The lowest BCUT2D eigenvalue weighted by molar-refractivity contribution is -0.269. The molecule has 0 bridgehead atoms. The van der Waals surface area contributed by atoms with Crippen LogP contribution in [0.25, 0.3) is 0 Å². The molecule has 1 rings (SSSR count). The number of carbonyl (C=O) groups is 1. The van der Waals surface area contributed by atoms with Gasteiger partial charge in [-0.1, -0.05) is 30.3 Å². The predicted molar refractivity (Wildman–Crippen MR) is 47.9 cm³/mol. The molecule has 3 heteroatoms. The van der Waals surface area contributed by atoms with E-state index in [1.54, 1.807) is 0 Å². The quantitative estimate of drug-likeness (QED) is 0.402. The molecule has 0 atom stereocenters. The maximum Gasteiger partial charge on any atom is 0.339 e. The highest BCUT2D eigenvalue weighted by atomic mass is 17.2. The van der Waals surface area contributed by atoms with Crippen molar-refractivity contribution in [1.82, 2.24) is 0 Å². The van der Waals surface area contributed by atoms with Crippen LogP contribution >= 0.6 is 0 Å². The topological polar surface area (TPSA) is 35.5 Å². The Bertz CT molecular complexity index is 256. The third-order valence-electron chi connectivity index (χ3n) is 1.49. The first-order valence-electron chi connectivity index (χ1n) is 4.13. The molecule has 0 aromatic heterocycles. The summed E-state index contributed by atoms with van der Waals surface area (Å²) in [6.45, 7) is 1.70. The van der Waals surface area contributed by atoms with E-state index >= 15 is 0 Å². The first-order chi connectivity index (χ1) is 6.29. The van der Waals surface area contributed by atoms with Crippen molar-refractivity contribution in [3.63, 3.8) is 0 Å². The largest absolute Gasteiger partial charge is 0.339 e. The highest BCUT2D eigenvalue weighted by Gasteiger charge is 1.94. The van der Waals surface area contributed by atoms with Crippen molar-refractivity contribution in [2.24, 2.45) is 0 Å². The zero-order chi connectivity index (χ0) is 9.52. The van der Waals surface area contributed by atoms with E-state index in [1.165, 1.54) is 6.92 Å². The van der Waals surface area contributed by atoms with Crippen molar-refractivity contribution in [3.8, 4) is 0 Å². The molecule has 0 aliphatic heterocycles. The second-order valence-corrected chi connectivity index (χ2v) is 2.63. The van der Waals surface area contributed by atoms with Crippen LogP contribution in [0.3, 0.4) is 0 Å². The number of carbonyl (C=O) groups excluding carboxylic acids is 1. The van der Waals surface area contributed by atoms with Gasteiger partial charge in [0, 0.05) is 6.92 Å². The van der Waals surface area contributed by atoms with Crippen LogP contribution in [0.2, 0.25) is 0 Å². The maximum absolute atomic E-state index is 10.3. The van der Waals surface area contributed by atoms with Crippen LogP contribution in [0.5, 0.6) is 0 Å². The van der Waals surface area contributed by atoms with Gasteiger partial charge in [-0.3, -0.25) is 4.89 Å². The summed E-state index contributed by atoms with van der Waals surface area (Å²) >= 11 is 0. The highest BCUT2D eigenvalue weighted by Crippen LogP contribution is 1.99. The fourth-order valence-corrected chi connectivity index (χ4v) is 0.929. The Kier molecular flexibility index (Phi) is 3.99. The Morgan fingerprint density at radius 1 is 1.31 bits per heavy atom. The van der Waals surface area contributed by atoms with Gasteiger partial charge in [0.05, 0.1) is 6.61 Å². The van der Waals surface area contributed by atoms with E-state index in [1.807, 2.05) is 30.3 Å². The van der Waals surface area contributed by atoms with Gasteiger partial charge in [0.15, 0.2) is 0 Å². The Labute approximate surface area is 77.2 Å². The molecule has 0 saturated heterocycles. The Morgan fingerprint density at radius 2 is 2.00 bits per heavy atom. The first kappa shape index (κ1) is 9.74. The molecule has 0 unspecified atom stereocenters. The number of benzene rings is 1. The number of hydrogen-bond donors (Lipinski definition) is 0. The molecular weight excluding hydrogens is 168 g/mol. The summed E-state index contributed by atoms with van der Waals surface area (Å²) in [5.74, 6) is -0.423. The second-order valence-electron chi connectivity index (χ2n) is 2.63. The van der Waals surface area contributed by atoms with Gasteiger partial charge in [0.1, 0.15) is 0 Å². The lowest BCUT2D eigenvalue weighted by Gasteiger charge is -2.00. The van der Waals surface area contributed by atoms with Crippen molar-refractivity contribution in [2.45, 2.75) is 13.3 Å².